The first-order valence-corrected chi connectivity index (χ1v) is 5.76. The highest BCUT2D eigenvalue weighted by molar-refractivity contribution is 4.93. The minimum Gasteiger partial charge on any atom is -0.327 e. The standard InChI is InChI=1S/C11H22N2/c1-13-11-7-3-4-8-9(11)5-2-6-10(8)12/h8-11,13H,2-7,12H2,1H3. The van der Waals surface area contributed by atoms with Gasteiger partial charge in [0, 0.05) is 12.1 Å². The molecule has 0 heterocycles. The summed E-state index contributed by atoms with van der Waals surface area (Å²) < 4.78 is 0. The highest BCUT2D eigenvalue weighted by Gasteiger charge is 2.37. The molecule has 2 saturated carbocycles. The van der Waals surface area contributed by atoms with Gasteiger partial charge in [-0.15, -0.1) is 0 Å². The third-order valence-electron chi connectivity index (χ3n) is 4.12. The van der Waals surface area contributed by atoms with E-state index >= 15 is 0 Å². The van der Waals surface area contributed by atoms with Crippen LogP contribution in [0.25, 0.3) is 0 Å². The molecule has 0 spiro atoms. The Balaban J connectivity index is 2.05. The number of nitrogens with one attached hydrogen (secondary N) is 1. The van der Waals surface area contributed by atoms with Crippen molar-refractivity contribution in [2.24, 2.45) is 17.6 Å². The van der Waals surface area contributed by atoms with E-state index in [1.54, 1.807) is 0 Å². The third-order valence-corrected chi connectivity index (χ3v) is 4.12. The first-order valence-electron chi connectivity index (χ1n) is 5.76. The lowest BCUT2D eigenvalue weighted by atomic mass is 9.66. The van der Waals surface area contributed by atoms with E-state index in [9.17, 15) is 0 Å². The van der Waals surface area contributed by atoms with Gasteiger partial charge >= 0.3 is 0 Å². The third kappa shape index (κ3) is 1.75. The molecule has 0 aromatic heterocycles. The van der Waals surface area contributed by atoms with Crippen molar-refractivity contribution in [2.75, 3.05) is 7.05 Å². The van der Waals surface area contributed by atoms with Gasteiger partial charge < -0.3 is 11.1 Å². The minimum atomic E-state index is 0.495. The van der Waals surface area contributed by atoms with E-state index in [0.717, 1.165) is 17.9 Å². The van der Waals surface area contributed by atoms with Crippen LogP contribution in [0.3, 0.4) is 0 Å². The maximum atomic E-state index is 6.18. The van der Waals surface area contributed by atoms with E-state index in [0.29, 0.717) is 6.04 Å². The molecule has 0 saturated heterocycles. The van der Waals surface area contributed by atoms with Crippen LogP contribution in [0.2, 0.25) is 0 Å². The van der Waals surface area contributed by atoms with Crippen LogP contribution in [0.4, 0.5) is 0 Å². The van der Waals surface area contributed by atoms with Gasteiger partial charge in [-0.2, -0.15) is 0 Å². The molecule has 4 unspecified atom stereocenters. The average Bonchev–Trinajstić information content (AvgIpc) is 2.18. The SMILES string of the molecule is CNC1CCCC2C(N)CCCC12. The Kier molecular flexibility index (Phi) is 2.89. The summed E-state index contributed by atoms with van der Waals surface area (Å²) in [7, 11) is 2.10. The molecule has 0 amide bonds. The van der Waals surface area contributed by atoms with E-state index in [2.05, 4.69) is 12.4 Å². The Morgan fingerprint density at radius 3 is 2.46 bits per heavy atom. The highest BCUT2D eigenvalue weighted by atomic mass is 14.9. The lowest BCUT2D eigenvalue weighted by Gasteiger charge is -2.44. The Hall–Kier alpha value is -0.0800. The summed E-state index contributed by atoms with van der Waals surface area (Å²) in [6.45, 7) is 0. The molecule has 13 heavy (non-hydrogen) atoms. The second-order valence-corrected chi connectivity index (χ2v) is 4.75. The van der Waals surface area contributed by atoms with Gasteiger partial charge in [-0.05, 0) is 44.6 Å². The molecular weight excluding hydrogens is 160 g/mol. The predicted molar refractivity (Wildman–Crippen MR) is 55.5 cm³/mol. The van der Waals surface area contributed by atoms with Gasteiger partial charge in [0.25, 0.3) is 0 Å². The molecule has 2 heteroatoms. The fraction of sp³-hybridized carbons (Fsp3) is 1.00. The average molecular weight is 182 g/mol. The monoisotopic (exact) mass is 182 g/mol. The van der Waals surface area contributed by atoms with Gasteiger partial charge in [0.1, 0.15) is 0 Å². The maximum Gasteiger partial charge on any atom is 0.00955 e. The van der Waals surface area contributed by atoms with Crippen LogP contribution in [-0.4, -0.2) is 19.1 Å². The maximum absolute atomic E-state index is 6.18. The summed E-state index contributed by atoms with van der Waals surface area (Å²) in [6.07, 6.45) is 8.14. The molecule has 0 radical (unpaired) electrons. The second kappa shape index (κ2) is 3.97. The second-order valence-electron chi connectivity index (χ2n) is 4.75. The zero-order valence-corrected chi connectivity index (χ0v) is 8.63. The van der Waals surface area contributed by atoms with Crippen molar-refractivity contribution in [1.82, 2.24) is 5.32 Å². The van der Waals surface area contributed by atoms with E-state index in [1.807, 2.05) is 0 Å². The van der Waals surface area contributed by atoms with Crippen molar-refractivity contribution in [3.63, 3.8) is 0 Å². The molecular formula is C11H22N2. The molecule has 4 atom stereocenters. The molecule has 2 rings (SSSR count). The van der Waals surface area contributed by atoms with E-state index in [1.165, 1.54) is 38.5 Å². The summed E-state index contributed by atoms with van der Waals surface area (Å²) in [4.78, 5) is 0. The largest absolute Gasteiger partial charge is 0.327 e. The highest BCUT2D eigenvalue weighted by Crippen LogP contribution is 2.39. The number of hydrogen-bond acceptors (Lipinski definition) is 2. The van der Waals surface area contributed by atoms with Gasteiger partial charge in [0.2, 0.25) is 0 Å². The molecule has 2 fully saturated rings. The van der Waals surface area contributed by atoms with E-state index < -0.39 is 0 Å². The molecule has 76 valence electrons. The van der Waals surface area contributed by atoms with Gasteiger partial charge in [-0.25, -0.2) is 0 Å². The molecule has 3 N–H and O–H groups in total. The summed E-state index contributed by atoms with van der Waals surface area (Å²) in [5.41, 5.74) is 6.18. The fourth-order valence-corrected chi connectivity index (χ4v) is 3.41. The van der Waals surface area contributed by atoms with Crippen LogP contribution in [0.5, 0.6) is 0 Å². The Morgan fingerprint density at radius 1 is 1.00 bits per heavy atom. The van der Waals surface area contributed by atoms with Gasteiger partial charge in [-0.1, -0.05) is 12.8 Å². The Bertz CT molecular complexity index is 169. The van der Waals surface area contributed by atoms with Crippen LogP contribution in [-0.2, 0) is 0 Å². The Labute approximate surface area is 81.3 Å². The topological polar surface area (TPSA) is 38.0 Å². The predicted octanol–water partition coefficient (Wildman–Crippen LogP) is 1.50. The van der Waals surface area contributed by atoms with Crippen molar-refractivity contribution in [3.05, 3.63) is 0 Å². The Morgan fingerprint density at radius 2 is 1.69 bits per heavy atom. The number of hydrogen-bond donors (Lipinski definition) is 2. The van der Waals surface area contributed by atoms with Crippen LogP contribution in [0.15, 0.2) is 0 Å². The van der Waals surface area contributed by atoms with Crippen molar-refractivity contribution in [1.29, 1.82) is 0 Å². The van der Waals surface area contributed by atoms with Crippen LogP contribution >= 0.6 is 0 Å². The molecule has 0 aromatic carbocycles. The molecule has 0 aliphatic heterocycles. The fourth-order valence-electron chi connectivity index (χ4n) is 3.41. The quantitative estimate of drug-likeness (QED) is 0.645. The van der Waals surface area contributed by atoms with Crippen molar-refractivity contribution in [2.45, 2.75) is 50.6 Å². The molecule has 0 aromatic rings. The van der Waals surface area contributed by atoms with Crippen LogP contribution < -0.4 is 11.1 Å². The molecule has 2 aliphatic rings. The van der Waals surface area contributed by atoms with Crippen molar-refractivity contribution in [3.8, 4) is 0 Å². The number of rotatable bonds is 1. The number of fused-ring (bicyclic) bond motifs is 1. The molecule has 2 aliphatic carbocycles. The summed E-state index contributed by atoms with van der Waals surface area (Å²) in [5.74, 6) is 1.70. The zero-order valence-electron chi connectivity index (χ0n) is 8.63. The summed E-state index contributed by atoms with van der Waals surface area (Å²) >= 11 is 0. The lowest BCUT2D eigenvalue weighted by Crippen LogP contribution is -2.49. The first-order chi connectivity index (χ1) is 6.33. The molecule has 0 bridgehead atoms. The van der Waals surface area contributed by atoms with Gasteiger partial charge in [-0.3, -0.25) is 0 Å². The van der Waals surface area contributed by atoms with Gasteiger partial charge in [0.15, 0.2) is 0 Å². The molecule has 2 nitrogen and oxygen atoms in total. The normalized spacial score (nSPS) is 45.7. The first kappa shape index (κ1) is 9.47. The zero-order chi connectivity index (χ0) is 9.26. The number of nitrogens with two attached hydrogens (primary N) is 1. The lowest BCUT2D eigenvalue weighted by molar-refractivity contribution is 0.111. The summed E-state index contributed by atoms with van der Waals surface area (Å²) in [6, 6.07) is 1.25. The summed E-state index contributed by atoms with van der Waals surface area (Å²) in [5, 5.41) is 3.47. The van der Waals surface area contributed by atoms with Crippen LogP contribution in [0.1, 0.15) is 38.5 Å². The van der Waals surface area contributed by atoms with Crippen molar-refractivity contribution >= 4 is 0 Å². The van der Waals surface area contributed by atoms with Crippen molar-refractivity contribution < 1.29 is 0 Å². The minimum absolute atomic E-state index is 0.495. The van der Waals surface area contributed by atoms with E-state index in [-0.39, 0.29) is 0 Å². The smallest absolute Gasteiger partial charge is 0.00955 e. The van der Waals surface area contributed by atoms with Gasteiger partial charge in [0.05, 0.1) is 0 Å². The van der Waals surface area contributed by atoms with Crippen LogP contribution in [0, 0.1) is 11.8 Å². The van der Waals surface area contributed by atoms with E-state index in [4.69, 9.17) is 5.73 Å².